The minimum absolute atomic E-state index is 0.182. The average molecular weight is 385 g/mol. The summed E-state index contributed by atoms with van der Waals surface area (Å²) in [6.07, 6.45) is 1.54. The van der Waals surface area contributed by atoms with Crippen LogP contribution in [0.4, 0.5) is 17.1 Å². The van der Waals surface area contributed by atoms with Crippen molar-refractivity contribution < 1.29 is 9.59 Å². The van der Waals surface area contributed by atoms with Gasteiger partial charge in [-0.1, -0.05) is 42.5 Å². The molecule has 2 N–H and O–H groups in total. The molecule has 0 radical (unpaired) electrons. The van der Waals surface area contributed by atoms with Crippen LogP contribution in [0.5, 0.6) is 0 Å². The normalized spacial score (nSPS) is 13.4. The molecule has 0 unspecified atom stereocenters. The highest BCUT2D eigenvalue weighted by molar-refractivity contribution is 6.08. The van der Waals surface area contributed by atoms with E-state index in [9.17, 15) is 9.59 Å². The van der Waals surface area contributed by atoms with E-state index in [-0.39, 0.29) is 11.8 Å². The predicted molar refractivity (Wildman–Crippen MR) is 115 cm³/mol. The van der Waals surface area contributed by atoms with Crippen LogP contribution in [0.3, 0.4) is 0 Å². The maximum atomic E-state index is 12.9. The molecule has 5 heteroatoms. The predicted octanol–water partition coefficient (Wildman–Crippen LogP) is 4.80. The fraction of sp³-hybridized carbons (Fsp3) is 0.167. The van der Waals surface area contributed by atoms with Crippen molar-refractivity contribution in [2.45, 2.75) is 19.4 Å². The largest absolute Gasteiger partial charge is 0.355 e. The number of amides is 2. The molecule has 0 bridgehead atoms. The molecule has 146 valence electrons. The first kappa shape index (κ1) is 18.7. The second-order valence-electron chi connectivity index (χ2n) is 7.11. The lowest BCUT2D eigenvalue weighted by Gasteiger charge is -2.16. The monoisotopic (exact) mass is 385 g/mol. The summed E-state index contributed by atoms with van der Waals surface area (Å²) < 4.78 is 0. The Balaban J connectivity index is 1.48. The van der Waals surface area contributed by atoms with Crippen LogP contribution in [0.15, 0.2) is 78.9 Å². The lowest BCUT2D eigenvalue weighted by molar-refractivity contribution is -0.128. The maximum absolute atomic E-state index is 12.9. The van der Waals surface area contributed by atoms with Gasteiger partial charge in [0, 0.05) is 30.9 Å². The Morgan fingerprint density at radius 3 is 2.45 bits per heavy atom. The minimum Gasteiger partial charge on any atom is -0.355 e. The molecule has 0 atom stereocenters. The van der Waals surface area contributed by atoms with E-state index >= 15 is 0 Å². The molecule has 0 aliphatic carbocycles. The molecule has 1 aliphatic heterocycles. The van der Waals surface area contributed by atoms with Crippen molar-refractivity contribution in [3.05, 3.63) is 90.0 Å². The number of hydrogen-bond acceptors (Lipinski definition) is 3. The van der Waals surface area contributed by atoms with Gasteiger partial charge in [-0.05, 0) is 48.4 Å². The third-order valence-electron chi connectivity index (χ3n) is 4.95. The van der Waals surface area contributed by atoms with Gasteiger partial charge in [0.2, 0.25) is 5.91 Å². The van der Waals surface area contributed by atoms with Crippen molar-refractivity contribution >= 4 is 28.9 Å². The summed E-state index contributed by atoms with van der Waals surface area (Å²) in [5.41, 5.74) is 3.96. The Labute approximate surface area is 170 Å². The van der Waals surface area contributed by atoms with Gasteiger partial charge in [0.1, 0.15) is 0 Å². The Morgan fingerprint density at radius 2 is 1.66 bits per heavy atom. The van der Waals surface area contributed by atoms with Crippen LogP contribution >= 0.6 is 0 Å². The first-order valence-corrected chi connectivity index (χ1v) is 9.78. The van der Waals surface area contributed by atoms with Crippen LogP contribution < -0.4 is 10.6 Å². The van der Waals surface area contributed by atoms with Crippen molar-refractivity contribution in [1.29, 1.82) is 0 Å². The molecular weight excluding hydrogens is 362 g/mol. The van der Waals surface area contributed by atoms with Gasteiger partial charge >= 0.3 is 0 Å². The second-order valence-corrected chi connectivity index (χ2v) is 7.11. The third-order valence-corrected chi connectivity index (χ3v) is 4.95. The standard InChI is InChI=1S/C24H23N3O2/c28-23-14-7-15-27(23)17-18-8-6-11-20(16-18)26-24(29)21-12-4-5-13-22(21)25-19-9-2-1-3-10-19/h1-6,8-13,16,25H,7,14-15,17H2,(H,26,29). The molecule has 2 amide bonds. The molecule has 3 aromatic carbocycles. The number of benzene rings is 3. The molecule has 1 aliphatic rings. The van der Waals surface area contributed by atoms with Crippen molar-refractivity contribution in [1.82, 2.24) is 4.90 Å². The summed E-state index contributed by atoms with van der Waals surface area (Å²) in [5.74, 6) is 0.0128. The third kappa shape index (κ3) is 4.63. The van der Waals surface area contributed by atoms with E-state index in [2.05, 4.69) is 10.6 Å². The number of para-hydroxylation sites is 2. The van der Waals surface area contributed by atoms with E-state index in [1.54, 1.807) is 6.07 Å². The molecule has 0 spiro atoms. The zero-order chi connectivity index (χ0) is 20.1. The lowest BCUT2D eigenvalue weighted by atomic mass is 10.1. The van der Waals surface area contributed by atoms with Crippen LogP contribution in [-0.2, 0) is 11.3 Å². The number of carbonyl (C=O) groups is 2. The van der Waals surface area contributed by atoms with Crippen LogP contribution in [0.1, 0.15) is 28.8 Å². The number of anilines is 3. The van der Waals surface area contributed by atoms with E-state index in [0.717, 1.165) is 29.9 Å². The van der Waals surface area contributed by atoms with Gasteiger partial charge in [-0.15, -0.1) is 0 Å². The van der Waals surface area contributed by atoms with Crippen LogP contribution in [0.2, 0.25) is 0 Å². The fourth-order valence-corrected chi connectivity index (χ4v) is 3.50. The molecule has 29 heavy (non-hydrogen) atoms. The number of nitrogens with one attached hydrogen (secondary N) is 2. The molecule has 5 nitrogen and oxygen atoms in total. The van der Waals surface area contributed by atoms with Crippen molar-refractivity contribution in [3.8, 4) is 0 Å². The van der Waals surface area contributed by atoms with Gasteiger partial charge in [0.15, 0.2) is 0 Å². The summed E-state index contributed by atoms with van der Waals surface area (Å²) in [5, 5.41) is 6.28. The van der Waals surface area contributed by atoms with Gasteiger partial charge in [0.05, 0.1) is 11.3 Å². The molecule has 1 fully saturated rings. The Kier molecular flexibility index (Phi) is 5.56. The first-order valence-electron chi connectivity index (χ1n) is 9.78. The zero-order valence-electron chi connectivity index (χ0n) is 16.1. The summed E-state index contributed by atoms with van der Waals surface area (Å²) in [7, 11) is 0. The fourth-order valence-electron chi connectivity index (χ4n) is 3.50. The second kappa shape index (κ2) is 8.61. The van der Waals surface area contributed by atoms with Crippen LogP contribution in [0.25, 0.3) is 0 Å². The highest BCUT2D eigenvalue weighted by Crippen LogP contribution is 2.23. The van der Waals surface area contributed by atoms with Crippen LogP contribution in [0, 0.1) is 0 Å². The quantitative estimate of drug-likeness (QED) is 0.640. The van der Waals surface area contributed by atoms with Gasteiger partial charge in [-0.3, -0.25) is 9.59 Å². The van der Waals surface area contributed by atoms with Gasteiger partial charge in [-0.2, -0.15) is 0 Å². The van der Waals surface area contributed by atoms with Crippen molar-refractivity contribution in [2.75, 3.05) is 17.2 Å². The summed E-state index contributed by atoms with van der Waals surface area (Å²) >= 11 is 0. The van der Waals surface area contributed by atoms with Crippen molar-refractivity contribution in [2.24, 2.45) is 0 Å². The smallest absolute Gasteiger partial charge is 0.257 e. The van der Waals surface area contributed by atoms with Gasteiger partial charge in [-0.25, -0.2) is 0 Å². The van der Waals surface area contributed by atoms with E-state index in [1.165, 1.54) is 0 Å². The summed E-state index contributed by atoms with van der Waals surface area (Å²) in [6.45, 7) is 1.38. The topological polar surface area (TPSA) is 61.4 Å². The maximum Gasteiger partial charge on any atom is 0.257 e. The minimum atomic E-state index is -0.182. The lowest BCUT2D eigenvalue weighted by Crippen LogP contribution is -2.23. The molecule has 4 rings (SSSR count). The van der Waals surface area contributed by atoms with Gasteiger partial charge < -0.3 is 15.5 Å². The molecule has 1 heterocycles. The number of rotatable bonds is 6. The molecule has 0 aromatic heterocycles. The van der Waals surface area contributed by atoms with E-state index in [4.69, 9.17) is 0 Å². The van der Waals surface area contributed by atoms with E-state index in [0.29, 0.717) is 24.2 Å². The Morgan fingerprint density at radius 1 is 0.897 bits per heavy atom. The SMILES string of the molecule is O=C(Nc1cccc(CN2CCCC2=O)c1)c1ccccc1Nc1ccccc1. The average Bonchev–Trinajstić information content (AvgIpc) is 3.14. The Bertz CT molecular complexity index is 1020. The number of likely N-dealkylation sites (tertiary alicyclic amines) is 1. The van der Waals surface area contributed by atoms with E-state index in [1.807, 2.05) is 77.7 Å². The number of hydrogen-bond donors (Lipinski definition) is 2. The van der Waals surface area contributed by atoms with Gasteiger partial charge in [0.25, 0.3) is 5.91 Å². The molecule has 1 saturated heterocycles. The zero-order valence-corrected chi connectivity index (χ0v) is 16.1. The first-order chi connectivity index (χ1) is 14.2. The number of nitrogens with zero attached hydrogens (tertiary/aromatic N) is 1. The number of carbonyl (C=O) groups excluding carboxylic acids is 2. The molecular formula is C24H23N3O2. The Hall–Kier alpha value is -3.60. The highest BCUT2D eigenvalue weighted by atomic mass is 16.2. The van der Waals surface area contributed by atoms with E-state index < -0.39 is 0 Å². The summed E-state index contributed by atoms with van der Waals surface area (Å²) in [6, 6.07) is 24.9. The highest BCUT2D eigenvalue weighted by Gasteiger charge is 2.20. The molecule has 3 aromatic rings. The van der Waals surface area contributed by atoms with Crippen molar-refractivity contribution in [3.63, 3.8) is 0 Å². The molecule has 0 saturated carbocycles. The summed E-state index contributed by atoms with van der Waals surface area (Å²) in [4.78, 5) is 26.6. The van der Waals surface area contributed by atoms with Crippen LogP contribution in [-0.4, -0.2) is 23.3 Å².